The zero-order valence-corrected chi connectivity index (χ0v) is 19.1. The van der Waals surface area contributed by atoms with Crippen LogP contribution in [-0.4, -0.2) is 30.6 Å². The van der Waals surface area contributed by atoms with E-state index >= 15 is 0 Å². The standard InChI is InChI=1S/C25H19F3N8O/c26-25(27,28)17-8-9-31-19(11-17)34-24(37)16-6-4-15(5-7-16)21-20-22(30)32-13-33-23(20)36(35-21)12-14-2-1-3-18(29)10-14/h1-11,13H,12,29H2,(H2,30,32,33)(H,31,34,37). The maximum atomic E-state index is 12.9. The number of alkyl halides is 3. The van der Waals surface area contributed by atoms with Gasteiger partial charge in [0.15, 0.2) is 5.65 Å². The molecular formula is C25H19F3N8O. The van der Waals surface area contributed by atoms with Gasteiger partial charge in [-0.2, -0.15) is 18.3 Å². The Balaban J connectivity index is 1.43. The van der Waals surface area contributed by atoms with Crippen molar-refractivity contribution in [3.63, 3.8) is 0 Å². The average Bonchev–Trinajstić information content (AvgIpc) is 3.23. The third kappa shape index (κ3) is 4.89. The van der Waals surface area contributed by atoms with E-state index in [4.69, 9.17) is 16.6 Å². The Kier molecular flexibility index (Phi) is 5.91. The van der Waals surface area contributed by atoms with Crippen LogP contribution >= 0.6 is 0 Å². The molecule has 2 aromatic carbocycles. The summed E-state index contributed by atoms with van der Waals surface area (Å²) < 4.78 is 40.5. The molecule has 0 saturated carbocycles. The molecule has 3 heterocycles. The van der Waals surface area contributed by atoms with Crippen molar-refractivity contribution in [1.29, 1.82) is 0 Å². The molecule has 1 amide bonds. The number of fused-ring (bicyclic) bond motifs is 1. The minimum atomic E-state index is -4.55. The lowest BCUT2D eigenvalue weighted by molar-refractivity contribution is -0.137. The monoisotopic (exact) mass is 504 g/mol. The minimum absolute atomic E-state index is 0.208. The first-order valence-electron chi connectivity index (χ1n) is 11.0. The normalized spacial score (nSPS) is 11.5. The summed E-state index contributed by atoms with van der Waals surface area (Å²) in [4.78, 5) is 24.8. The molecule has 9 nitrogen and oxygen atoms in total. The lowest BCUT2D eigenvalue weighted by Crippen LogP contribution is -2.14. The second kappa shape index (κ2) is 9.22. The number of nitrogens with one attached hydrogen (secondary N) is 1. The summed E-state index contributed by atoms with van der Waals surface area (Å²) in [5.41, 5.74) is 14.6. The molecule has 0 fully saturated rings. The van der Waals surface area contributed by atoms with Gasteiger partial charge in [0.25, 0.3) is 5.91 Å². The van der Waals surface area contributed by atoms with Crippen molar-refractivity contribution in [2.75, 3.05) is 16.8 Å². The topological polar surface area (TPSA) is 138 Å². The summed E-state index contributed by atoms with van der Waals surface area (Å²) in [5.74, 6) is -0.574. The Morgan fingerprint density at radius 1 is 0.973 bits per heavy atom. The first kappa shape index (κ1) is 23.7. The quantitative estimate of drug-likeness (QED) is 0.302. The highest BCUT2D eigenvalue weighted by molar-refractivity contribution is 6.04. The number of rotatable bonds is 5. The van der Waals surface area contributed by atoms with E-state index in [0.29, 0.717) is 34.5 Å². The van der Waals surface area contributed by atoms with Crippen LogP contribution in [0, 0.1) is 0 Å². The predicted octanol–water partition coefficient (Wildman–Crippen LogP) is 4.37. The Morgan fingerprint density at radius 2 is 1.76 bits per heavy atom. The molecule has 12 heteroatoms. The van der Waals surface area contributed by atoms with Gasteiger partial charge in [-0.1, -0.05) is 24.3 Å². The van der Waals surface area contributed by atoms with Crippen molar-refractivity contribution in [3.05, 3.63) is 89.9 Å². The van der Waals surface area contributed by atoms with E-state index in [1.54, 1.807) is 22.9 Å². The number of hydrogen-bond donors (Lipinski definition) is 3. The van der Waals surface area contributed by atoms with Gasteiger partial charge >= 0.3 is 6.18 Å². The van der Waals surface area contributed by atoms with Crippen molar-refractivity contribution in [3.8, 4) is 11.3 Å². The molecule has 0 aliphatic rings. The van der Waals surface area contributed by atoms with Crippen LogP contribution in [-0.2, 0) is 12.7 Å². The first-order chi connectivity index (χ1) is 17.7. The van der Waals surface area contributed by atoms with Crippen molar-refractivity contribution in [2.45, 2.75) is 12.7 Å². The Hall–Kier alpha value is -5.00. The lowest BCUT2D eigenvalue weighted by atomic mass is 10.1. The maximum absolute atomic E-state index is 12.9. The smallest absolute Gasteiger partial charge is 0.399 e. The van der Waals surface area contributed by atoms with Gasteiger partial charge in [-0.3, -0.25) is 4.79 Å². The van der Waals surface area contributed by atoms with Gasteiger partial charge in [0, 0.05) is 23.0 Å². The number of nitrogen functional groups attached to an aromatic ring is 2. The molecule has 0 spiro atoms. The van der Waals surface area contributed by atoms with Crippen LogP contribution in [0.1, 0.15) is 21.5 Å². The Labute approximate surface area is 208 Å². The fraction of sp³-hybridized carbons (Fsp3) is 0.0800. The number of aromatic nitrogens is 5. The molecule has 3 aromatic heterocycles. The van der Waals surface area contributed by atoms with Crippen LogP contribution in [0.2, 0.25) is 0 Å². The number of nitrogens with zero attached hydrogens (tertiary/aromatic N) is 5. The Morgan fingerprint density at radius 3 is 2.49 bits per heavy atom. The molecule has 5 rings (SSSR count). The molecular weight excluding hydrogens is 485 g/mol. The molecule has 0 aliphatic heterocycles. The molecule has 186 valence electrons. The van der Waals surface area contributed by atoms with Crippen LogP contribution in [0.5, 0.6) is 0 Å². The predicted molar refractivity (Wildman–Crippen MR) is 132 cm³/mol. The highest BCUT2D eigenvalue weighted by Gasteiger charge is 2.31. The second-order valence-corrected chi connectivity index (χ2v) is 8.17. The number of pyridine rings is 1. The molecule has 5 N–H and O–H groups in total. The van der Waals surface area contributed by atoms with E-state index in [-0.39, 0.29) is 17.2 Å². The summed E-state index contributed by atoms with van der Waals surface area (Å²) in [6.07, 6.45) is -2.21. The van der Waals surface area contributed by atoms with Gasteiger partial charge in [-0.05, 0) is 42.0 Å². The highest BCUT2D eigenvalue weighted by Crippen LogP contribution is 2.32. The molecule has 0 unspecified atom stereocenters. The molecule has 37 heavy (non-hydrogen) atoms. The van der Waals surface area contributed by atoms with Crippen molar-refractivity contribution < 1.29 is 18.0 Å². The third-order valence-corrected chi connectivity index (χ3v) is 5.59. The number of anilines is 3. The summed E-state index contributed by atoms with van der Waals surface area (Å²) in [5, 5.41) is 7.63. The van der Waals surface area contributed by atoms with E-state index in [1.165, 1.54) is 18.5 Å². The first-order valence-corrected chi connectivity index (χ1v) is 11.0. The number of carbonyl (C=O) groups is 1. The minimum Gasteiger partial charge on any atom is -0.399 e. The summed E-state index contributed by atoms with van der Waals surface area (Å²) in [6, 6.07) is 15.4. The van der Waals surface area contributed by atoms with E-state index in [9.17, 15) is 18.0 Å². The van der Waals surface area contributed by atoms with Crippen LogP contribution in [0.25, 0.3) is 22.3 Å². The highest BCUT2D eigenvalue weighted by atomic mass is 19.4. The van der Waals surface area contributed by atoms with Crippen molar-refractivity contribution in [1.82, 2.24) is 24.7 Å². The average molecular weight is 504 g/mol. The number of amides is 1. The summed E-state index contributed by atoms with van der Waals surface area (Å²) in [7, 11) is 0. The van der Waals surface area contributed by atoms with Gasteiger partial charge in [-0.25, -0.2) is 19.6 Å². The number of halogens is 3. The number of hydrogen-bond acceptors (Lipinski definition) is 7. The maximum Gasteiger partial charge on any atom is 0.416 e. The Bertz CT molecular complexity index is 1610. The fourth-order valence-electron chi connectivity index (χ4n) is 3.85. The largest absolute Gasteiger partial charge is 0.416 e. The van der Waals surface area contributed by atoms with Crippen LogP contribution in [0.3, 0.4) is 0 Å². The molecule has 0 bridgehead atoms. The van der Waals surface area contributed by atoms with Gasteiger partial charge in [0.05, 0.1) is 17.5 Å². The lowest BCUT2D eigenvalue weighted by Gasteiger charge is -2.09. The van der Waals surface area contributed by atoms with Gasteiger partial charge in [-0.15, -0.1) is 0 Å². The van der Waals surface area contributed by atoms with E-state index in [2.05, 4.69) is 20.3 Å². The fourth-order valence-corrected chi connectivity index (χ4v) is 3.85. The molecule has 0 saturated heterocycles. The molecule has 0 radical (unpaired) electrons. The third-order valence-electron chi connectivity index (χ3n) is 5.59. The SMILES string of the molecule is Nc1cccc(Cn2nc(-c3ccc(C(=O)Nc4cc(C(F)(F)F)ccn4)cc3)c3c(N)ncnc32)c1. The zero-order valence-electron chi connectivity index (χ0n) is 19.1. The second-order valence-electron chi connectivity index (χ2n) is 8.17. The van der Waals surface area contributed by atoms with Gasteiger partial charge < -0.3 is 16.8 Å². The van der Waals surface area contributed by atoms with Crippen LogP contribution < -0.4 is 16.8 Å². The van der Waals surface area contributed by atoms with E-state index in [0.717, 1.165) is 23.9 Å². The molecule has 0 aliphatic carbocycles. The number of nitrogens with two attached hydrogens (primary N) is 2. The number of carbonyl (C=O) groups excluding carboxylic acids is 1. The van der Waals surface area contributed by atoms with E-state index < -0.39 is 17.6 Å². The van der Waals surface area contributed by atoms with Crippen molar-refractivity contribution in [2.24, 2.45) is 0 Å². The van der Waals surface area contributed by atoms with Gasteiger partial charge in [0.1, 0.15) is 23.7 Å². The van der Waals surface area contributed by atoms with Gasteiger partial charge in [0.2, 0.25) is 0 Å². The summed E-state index contributed by atoms with van der Waals surface area (Å²) in [6.45, 7) is 0.391. The van der Waals surface area contributed by atoms with Crippen LogP contribution in [0.4, 0.5) is 30.5 Å². The van der Waals surface area contributed by atoms with Crippen molar-refractivity contribution >= 4 is 34.3 Å². The zero-order chi connectivity index (χ0) is 26.2. The van der Waals surface area contributed by atoms with Crippen LogP contribution in [0.15, 0.2) is 73.2 Å². The number of benzene rings is 2. The molecule has 0 atom stereocenters. The van der Waals surface area contributed by atoms with E-state index in [1.807, 2.05) is 18.2 Å². The summed E-state index contributed by atoms with van der Waals surface area (Å²) >= 11 is 0. The molecule has 5 aromatic rings.